The van der Waals surface area contributed by atoms with E-state index in [1.165, 1.54) is 18.9 Å². The Morgan fingerprint density at radius 1 is 1.06 bits per heavy atom. The van der Waals surface area contributed by atoms with Crippen LogP contribution < -0.4 is 5.32 Å². The lowest BCUT2D eigenvalue weighted by Crippen LogP contribution is -2.07. The van der Waals surface area contributed by atoms with Crippen molar-refractivity contribution in [3.8, 4) is 11.4 Å². The Morgan fingerprint density at radius 2 is 1.94 bits per heavy atom. The van der Waals surface area contributed by atoms with Crippen molar-refractivity contribution in [1.29, 1.82) is 0 Å². The Hall–Kier alpha value is -3.09. The lowest BCUT2D eigenvalue weighted by atomic mass is 10.1. The lowest BCUT2D eigenvalue weighted by Gasteiger charge is -2.14. The van der Waals surface area contributed by atoms with Gasteiger partial charge in [-0.05, 0) is 60.9 Å². The molecule has 0 aliphatic heterocycles. The van der Waals surface area contributed by atoms with Crippen LogP contribution in [-0.4, -0.2) is 21.1 Å². The topological polar surface area (TPSA) is 59.9 Å². The Bertz CT molecular complexity index is 1250. The molecule has 0 spiro atoms. The van der Waals surface area contributed by atoms with E-state index >= 15 is 0 Å². The van der Waals surface area contributed by atoms with E-state index in [4.69, 9.17) is 26.3 Å². The van der Waals surface area contributed by atoms with Gasteiger partial charge in [-0.15, -0.1) is 0 Å². The van der Waals surface area contributed by atoms with Gasteiger partial charge in [-0.25, -0.2) is 14.4 Å². The zero-order valence-corrected chi connectivity index (χ0v) is 18.1. The Balaban J connectivity index is 1.54. The summed E-state index contributed by atoms with van der Waals surface area (Å²) in [6.07, 6.45) is 8.51. The minimum absolute atomic E-state index is 0.0477. The Kier molecular flexibility index (Phi) is 5.97. The fourth-order valence-corrected chi connectivity index (χ4v) is 4.15. The summed E-state index contributed by atoms with van der Waals surface area (Å²) in [5.74, 6) is 0.697. The van der Waals surface area contributed by atoms with Gasteiger partial charge < -0.3 is 10.1 Å². The van der Waals surface area contributed by atoms with Crippen LogP contribution in [0.5, 0.6) is 0 Å². The van der Waals surface area contributed by atoms with E-state index in [9.17, 15) is 4.39 Å². The van der Waals surface area contributed by atoms with Crippen molar-refractivity contribution >= 4 is 34.0 Å². The second-order valence-corrected chi connectivity index (χ2v) is 8.37. The van der Waals surface area contributed by atoms with E-state index in [1.54, 1.807) is 24.5 Å². The molecule has 2 aromatic carbocycles. The van der Waals surface area contributed by atoms with Gasteiger partial charge in [0.15, 0.2) is 5.82 Å². The number of pyridine rings is 1. The molecule has 2 aromatic heterocycles. The van der Waals surface area contributed by atoms with Crippen molar-refractivity contribution in [2.75, 3.05) is 5.32 Å². The molecule has 0 amide bonds. The summed E-state index contributed by atoms with van der Waals surface area (Å²) in [5, 5.41) is 4.19. The maximum atomic E-state index is 13.6. The molecule has 0 saturated heterocycles. The first-order valence-corrected chi connectivity index (χ1v) is 11.1. The first kappa shape index (κ1) is 20.8. The van der Waals surface area contributed by atoms with Crippen molar-refractivity contribution in [2.24, 2.45) is 0 Å². The van der Waals surface area contributed by atoms with E-state index < -0.39 is 5.82 Å². The van der Waals surface area contributed by atoms with Crippen LogP contribution in [0.25, 0.3) is 22.3 Å². The van der Waals surface area contributed by atoms with Crippen molar-refractivity contribution in [2.45, 2.75) is 38.4 Å². The monoisotopic (exact) mass is 448 g/mol. The van der Waals surface area contributed by atoms with Crippen molar-refractivity contribution < 1.29 is 9.13 Å². The predicted octanol–water partition coefficient (Wildman–Crippen LogP) is 6.69. The molecular formula is C25H22ClFN4O. The molecule has 4 aromatic rings. The zero-order valence-electron chi connectivity index (χ0n) is 17.4. The average molecular weight is 449 g/mol. The van der Waals surface area contributed by atoms with E-state index in [2.05, 4.69) is 10.3 Å². The third kappa shape index (κ3) is 4.56. The molecule has 32 heavy (non-hydrogen) atoms. The van der Waals surface area contributed by atoms with Crippen LogP contribution in [0.3, 0.4) is 0 Å². The highest BCUT2D eigenvalue weighted by molar-refractivity contribution is 6.31. The number of benzene rings is 2. The number of aromatic nitrogens is 3. The molecule has 1 fully saturated rings. The molecular weight excluding hydrogens is 427 g/mol. The summed E-state index contributed by atoms with van der Waals surface area (Å²) in [6, 6.07) is 14.3. The van der Waals surface area contributed by atoms with E-state index in [0.717, 1.165) is 34.9 Å². The number of ether oxygens (including phenoxy) is 1. The van der Waals surface area contributed by atoms with Crippen LogP contribution >= 0.6 is 11.6 Å². The minimum atomic E-state index is -0.466. The van der Waals surface area contributed by atoms with Gasteiger partial charge in [0.05, 0.1) is 23.3 Å². The summed E-state index contributed by atoms with van der Waals surface area (Å²) in [6.45, 7) is 0.548. The molecule has 1 saturated carbocycles. The molecule has 1 N–H and O–H groups in total. The highest BCUT2D eigenvalue weighted by Crippen LogP contribution is 2.30. The zero-order chi connectivity index (χ0) is 21.9. The third-order valence-electron chi connectivity index (χ3n) is 5.65. The van der Waals surface area contributed by atoms with Crippen molar-refractivity contribution in [3.05, 3.63) is 77.3 Å². The number of halogens is 2. The number of rotatable bonds is 6. The molecule has 0 bridgehead atoms. The third-order valence-corrected chi connectivity index (χ3v) is 5.94. The van der Waals surface area contributed by atoms with Gasteiger partial charge in [-0.2, -0.15) is 0 Å². The highest BCUT2D eigenvalue weighted by atomic mass is 35.5. The smallest absolute Gasteiger partial charge is 0.163 e. The van der Waals surface area contributed by atoms with E-state index in [1.807, 2.05) is 30.3 Å². The number of fused-ring (bicyclic) bond motifs is 1. The van der Waals surface area contributed by atoms with Crippen LogP contribution in [0.1, 0.15) is 31.2 Å². The average Bonchev–Trinajstić information content (AvgIpc) is 3.34. The Morgan fingerprint density at radius 3 is 2.72 bits per heavy atom. The van der Waals surface area contributed by atoms with Crippen LogP contribution in [-0.2, 0) is 11.3 Å². The van der Waals surface area contributed by atoms with Gasteiger partial charge >= 0.3 is 0 Å². The Labute approximate surface area is 190 Å². The molecule has 5 nitrogen and oxygen atoms in total. The highest BCUT2D eigenvalue weighted by Gasteiger charge is 2.16. The second-order valence-electron chi connectivity index (χ2n) is 7.96. The SMILES string of the molecule is Fc1ccc(Nc2nc(-c3cccnc3)nc3ccc(COC4CCCC4)cc23)cc1Cl. The normalized spacial score (nSPS) is 14.2. The largest absolute Gasteiger partial charge is 0.374 e. The van der Waals surface area contributed by atoms with Crippen molar-refractivity contribution in [1.82, 2.24) is 15.0 Å². The first-order valence-electron chi connectivity index (χ1n) is 10.7. The number of nitrogens with zero attached hydrogens (tertiary/aromatic N) is 3. The summed E-state index contributed by atoms with van der Waals surface area (Å²) in [4.78, 5) is 13.7. The van der Waals surface area contributed by atoms with Gasteiger partial charge in [0.25, 0.3) is 0 Å². The minimum Gasteiger partial charge on any atom is -0.374 e. The van der Waals surface area contributed by atoms with Gasteiger partial charge in [-0.3, -0.25) is 4.98 Å². The maximum Gasteiger partial charge on any atom is 0.163 e. The fraction of sp³-hybridized carbons (Fsp3) is 0.240. The quantitative estimate of drug-likeness (QED) is 0.356. The maximum absolute atomic E-state index is 13.6. The van der Waals surface area contributed by atoms with Gasteiger partial charge in [-0.1, -0.05) is 30.5 Å². The lowest BCUT2D eigenvalue weighted by molar-refractivity contribution is 0.0457. The number of nitrogens with one attached hydrogen (secondary N) is 1. The molecule has 2 heterocycles. The van der Waals surface area contributed by atoms with Gasteiger partial charge in [0.2, 0.25) is 0 Å². The van der Waals surface area contributed by atoms with Crippen LogP contribution in [0, 0.1) is 5.82 Å². The van der Waals surface area contributed by atoms with Gasteiger partial charge in [0, 0.05) is 29.0 Å². The molecule has 0 atom stereocenters. The molecule has 5 rings (SSSR count). The van der Waals surface area contributed by atoms with Crippen LogP contribution in [0.4, 0.5) is 15.9 Å². The summed E-state index contributed by atoms with van der Waals surface area (Å²) >= 11 is 5.98. The van der Waals surface area contributed by atoms with Crippen LogP contribution in [0.15, 0.2) is 60.9 Å². The molecule has 7 heteroatoms. The number of anilines is 2. The molecule has 162 valence electrons. The van der Waals surface area contributed by atoms with E-state index in [-0.39, 0.29) is 5.02 Å². The molecule has 1 aliphatic carbocycles. The van der Waals surface area contributed by atoms with Gasteiger partial charge in [0.1, 0.15) is 11.6 Å². The molecule has 1 aliphatic rings. The summed E-state index contributed by atoms with van der Waals surface area (Å²) < 4.78 is 19.7. The molecule has 0 unspecified atom stereocenters. The number of hydrogen-bond acceptors (Lipinski definition) is 5. The summed E-state index contributed by atoms with van der Waals surface area (Å²) in [5.41, 5.74) is 3.30. The summed E-state index contributed by atoms with van der Waals surface area (Å²) in [7, 11) is 0. The van der Waals surface area contributed by atoms with Crippen molar-refractivity contribution in [3.63, 3.8) is 0 Å². The molecule has 0 radical (unpaired) electrons. The first-order chi connectivity index (χ1) is 15.7. The second kappa shape index (κ2) is 9.18. The standard InChI is InChI=1S/C25H22ClFN4O/c26-21-13-18(8-9-22(21)27)29-25-20-12-16(15-32-19-5-1-2-6-19)7-10-23(20)30-24(31-25)17-4-3-11-28-14-17/h3-4,7-14,19H,1-2,5-6,15H2,(H,29,30,31). The van der Waals surface area contributed by atoms with Crippen LogP contribution in [0.2, 0.25) is 5.02 Å². The predicted molar refractivity (Wildman–Crippen MR) is 125 cm³/mol. The number of hydrogen-bond donors (Lipinski definition) is 1. The van der Waals surface area contributed by atoms with E-state index in [0.29, 0.717) is 30.0 Å². The fourth-order valence-electron chi connectivity index (χ4n) is 3.96.